The molecule has 3 aliphatic rings. The van der Waals surface area contributed by atoms with E-state index < -0.39 is 23.1 Å². The average molecular weight is 588 g/mol. The smallest absolute Gasteiger partial charge is 0.349 e. The van der Waals surface area contributed by atoms with Crippen molar-refractivity contribution in [2.24, 2.45) is 0 Å². The molecule has 2 fully saturated rings. The van der Waals surface area contributed by atoms with Gasteiger partial charge in [-0.25, -0.2) is 9.97 Å². The lowest BCUT2D eigenvalue weighted by molar-refractivity contribution is -0.0794. The number of carbonyl (C=O) groups is 1. The van der Waals surface area contributed by atoms with Gasteiger partial charge in [-0.2, -0.15) is 0 Å². The van der Waals surface area contributed by atoms with Gasteiger partial charge < -0.3 is 22.6 Å². The molecule has 5 rings (SSSR count). The van der Waals surface area contributed by atoms with Crippen molar-refractivity contribution in [2.75, 3.05) is 6.61 Å². The Labute approximate surface area is 241 Å². The van der Waals surface area contributed by atoms with Crippen LogP contribution in [0.2, 0.25) is 28.2 Å². The van der Waals surface area contributed by atoms with Crippen LogP contribution in [0, 0.1) is 0 Å². The van der Waals surface area contributed by atoms with Crippen molar-refractivity contribution >= 4 is 33.7 Å². The maximum absolute atomic E-state index is 13.0. The van der Waals surface area contributed by atoms with Gasteiger partial charge in [0.15, 0.2) is 20.3 Å². The highest BCUT2D eigenvalue weighted by Gasteiger charge is 2.66. The largest absolute Gasteiger partial charge is 0.407 e. The van der Waals surface area contributed by atoms with Gasteiger partial charge in [0, 0.05) is 22.7 Å². The number of Topliss-reactive ketones (excluding diaryl/α,β-unsaturated/α-hetero) is 1. The van der Waals surface area contributed by atoms with Crippen molar-refractivity contribution in [3.8, 4) is 0 Å². The van der Waals surface area contributed by atoms with Gasteiger partial charge in [-0.15, -0.1) is 0 Å². The number of ketones is 1. The van der Waals surface area contributed by atoms with Crippen LogP contribution in [0.3, 0.4) is 0 Å². The van der Waals surface area contributed by atoms with Gasteiger partial charge in [-0.05, 0) is 43.0 Å². The minimum Gasteiger partial charge on any atom is -0.407 e. The number of aromatic nitrogens is 3. The SMILES string of the molecule is CC(C)(C)[Si](C)(C)O[C@@H]1[C@@H]2O[Si](C(C)(C)C)(C(C)(C)C)OC[C@H]2O[C@H]1n1cc2c3c(ncnc31)C(=O)CCCC2. The molecule has 1 aliphatic carbocycles. The van der Waals surface area contributed by atoms with E-state index in [0.29, 0.717) is 18.7 Å². The molecule has 40 heavy (non-hydrogen) atoms. The average Bonchev–Trinajstić information content (AvgIpc) is 3.36. The number of rotatable bonds is 3. The number of hydrogen-bond donors (Lipinski definition) is 0. The third kappa shape index (κ3) is 4.76. The molecule has 4 heterocycles. The van der Waals surface area contributed by atoms with Crippen LogP contribution in [0.5, 0.6) is 0 Å². The topological polar surface area (TPSA) is 84.7 Å². The number of hydrogen-bond acceptors (Lipinski definition) is 7. The minimum absolute atomic E-state index is 0.00774. The van der Waals surface area contributed by atoms with Crippen LogP contribution in [-0.4, -0.2) is 62.1 Å². The fraction of sp³-hybridized carbons (Fsp3) is 0.767. The second-order valence-corrected chi connectivity index (χ2v) is 25.0. The van der Waals surface area contributed by atoms with Crippen LogP contribution < -0.4 is 0 Å². The van der Waals surface area contributed by atoms with Gasteiger partial charge in [0.05, 0.1) is 12.0 Å². The van der Waals surface area contributed by atoms with Crippen molar-refractivity contribution in [2.45, 2.75) is 141 Å². The molecule has 2 saturated heterocycles. The van der Waals surface area contributed by atoms with E-state index in [-0.39, 0.29) is 39.2 Å². The molecule has 10 heteroatoms. The molecule has 0 saturated carbocycles. The summed E-state index contributed by atoms with van der Waals surface area (Å²) in [5, 5.41) is 0.567. The van der Waals surface area contributed by atoms with Gasteiger partial charge >= 0.3 is 8.56 Å². The number of carbonyl (C=O) groups excluding carboxylic acids is 1. The molecule has 0 N–H and O–H groups in total. The van der Waals surface area contributed by atoms with Crippen molar-refractivity contribution in [1.82, 2.24) is 14.5 Å². The van der Waals surface area contributed by atoms with Crippen LogP contribution in [0.1, 0.15) is 104 Å². The second-order valence-electron chi connectivity index (χ2n) is 15.5. The Morgan fingerprint density at radius 3 is 2.27 bits per heavy atom. The van der Waals surface area contributed by atoms with Gasteiger partial charge in [0.1, 0.15) is 36.0 Å². The van der Waals surface area contributed by atoms with Gasteiger partial charge in [-0.3, -0.25) is 4.79 Å². The summed E-state index contributed by atoms with van der Waals surface area (Å²) in [5.41, 5.74) is 2.37. The molecule has 0 radical (unpaired) electrons. The number of aryl methyl sites for hydroxylation is 1. The van der Waals surface area contributed by atoms with Crippen molar-refractivity contribution < 1.29 is 22.8 Å². The van der Waals surface area contributed by atoms with E-state index in [2.05, 4.69) is 91.2 Å². The van der Waals surface area contributed by atoms with E-state index in [1.165, 1.54) is 6.33 Å². The Morgan fingerprint density at radius 1 is 1.00 bits per heavy atom. The number of ether oxygens (including phenoxy) is 1. The van der Waals surface area contributed by atoms with E-state index in [9.17, 15) is 4.79 Å². The lowest BCUT2D eigenvalue weighted by Crippen LogP contribution is -2.66. The van der Waals surface area contributed by atoms with E-state index in [0.717, 1.165) is 35.9 Å². The first kappa shape index (κ1) is 30.0. The predicted octanol–water partition coefficient (Wildman–Crippen LogP) is 7.09. The summed E-state index contributed by atoms with van der Waals surface area (Å²) in [4.78, 5) is 22.2. The lowest BCUT2D eigenvalue weighted by Gasteiger charge is -2.54. The molecule has 222 valence electrons. The molecule has 0 spiro atoms. The van der Waals surface area contributed by atoms with Crippen LogP contribution in [0.4, 0.5) is 0 Å². The molecule has 0 bridgehead atoms. The van der Waals surface area contributed by atoms with Crippen LogP contribution >= 0.6 is 0 Å². The second kappa shape index (κ2) is 9.81. The van der Waals surface area contributed by atoms with Crippen LogP contribution in [0.15, 0.2) is 12.5 Å². The standard InChI is InChI=1S/C30H49N3O5Si2/c1-28(2,3)39(10,11)37-25-24-21(17-35-40(38-24,29(4,5)6)30(7,8)9)36-27(25)33-16-19-14-12-13-15-20(34)23-22(19)26(33)32-18-31-23/h16,18,21,24-25,27H,12-15,17H2,1-11H3/t21-,24-,25-,27-/m1/s1. The van der Waals surface area contributed by atoms with Crippen molar-refractivity contribution in [3.05, 3.63) is 23.8 Å². The summed E-state index contributed by atoms with van der Waals surface area (Å²) < 4.78 is 30.3. The zero-order valence-electron chi connectivity index (χ0n) is 26.4. The van der Waals surface area contributed by atoms with Gasteiger partial charge in [-0.1, -0.05) is 62.3 Å². The Hall–Kier alpha value is -1.44. The maximum Gasteiger partial charge on any atom is 0.349 e. The van der Waals surface area contributed by atoms with E-state index >= 15 is 0 Å². The first-order valence-electron chi connectivity index (χ1n) is 14.9. The third-order valence-electron chi connectivity index (χ3n) is 9.58. The zero-order valence-corrected chi connectivity index (χ0v) is 28.4. The zero-order chi connectivity index (χ0) is 29.5. The maximum atomic E-state index is 13.0. The van der Waals surface area contributed by atoms with Gasteiger partial charge in [0.25, 0.3) is 0 Å². The first-order valence-corrected chi connectivity index (χ1v) is 19.6. The van der Waals surface area contributed by atoms with Crippen molar-refractivity contribution in [1.29, 1.82) is 0 Å². The Morgan fingerprint density at radius 2 is 1.65 bits per heavy atom. The van der Waals surface area contributed by atoms with Crippen LogP contribution in [0.25, 0.3) is 11.0 Å². The molecular formula is C30H49N3O5Si2. The Kier molecular flexibility index (Phi) is 7.36. The Bertz CT molecular complexity index is 1270. The van der Waals surface area contributed by atoms with Gasteiger partial charge in [0.2, 0.25) is 0 Å². The fourth-order valence-electron chi connectivity index (χ4n) is 6.66. The quantitative estimate of drug-likeness (QED) is 0.355. The molecule has 0 aromatic carbocycles. The molecular weight excluding hydrogens is 539 g/mol. The highest BCUT2D eigenvalue weighted by atomic mass is 28.4. The molecule has 2 aromatic rings. The molecule has 2 aromatic heterocycles. The van der Waals surface area contributed by atoms with E-state index in [1.54, 1.807) is 0 Å². The fourth-order valence-corrected chi connectivity index (χ4v) is 12.9. The first-order chi connectivity index (χ1) is 18.4. The normalized spacial score (nSPS) is 27.9. The summed E-state index contributed by atoms with van der Waals surface area (Å²) in [5.74, 6) is 0.0871. The lowest BCUT2D eigenvalue weighted by atomic mass is 9.98. The third-order valence-corrected chi connectivity index (χ3v) is 19.2. The van der Waals surface area contributed by atoms with E-state index in [1.807, 2.05) is 0 Å². The molecule has 0 unspecified atom stereocenters. The minimum atomic E-state index is -2.77. The summed E-state index contributed by atoms with van der Waals surface area (Å²) in [6.07, 6.45) is 5.56. The molecule has 0 amide bonds. The molecule has 8 nitrogen and oxygen atoms in total. The predicted molar refractivity (Wildman–Crippen MR) is 161 cm³/mol. The van der Waals surface area contributed by atoms with Crippen LogP contribution in [-0.2, 0) is 24.4 Å². The molecule has 4 atom stereocenters. The molecule has 2 aliphatic heterocycles. The Balaban J connectivity index is 1.65. The van der Waals surface area contributed by atoms with E-state index in [4.69, 9.17) is 23.0 Å². The highest BCUT2D eigenvalue weighted by Crippen LogP contribution is 2.56. The van der Waals surface area contributed by atoms with Crippen molar-refractivity contribution in [3.63, 3.8) is 0 Å². The summed E-state index contributed by atoms with van der Waals surface area (Å²) in [6, 6.07) is 0. The number of nitrogens with zero attached hydrogens (tertiary/aromatic N) is 3. The highest BCUT2D eigenvalue weighted by molar-refractivity contribution is 6.74. The monoisotopic (exact) mass is 587 g/mol. The summed E-state index contributed by atoms with van der Waals surface area (Å²) >= 11 is 0. The number of fused-ring (bicyclic) bond motifs is 1. The summed E-state index contributed by atoms with van der Waals surface area (Å²) in [6.45, 7) is 25.3. The summed E-state index contributed by atoms with van der Waals surface area (Å²) in [7, 11) is -5.01.